The minimum atomic E-state index is -0.0907. The first-order valence-corrected chi connectivity index (χ1v) is 9.11. The van der Waals surface area contributed by atoms with Gasteiger partial charge in [0.05, 0.1) is 12.2 Å². The van der Waals surface area contributed by atoms with Crippen LogP contribution in [0.2, 0.25) is 0 Å². The van der Waals surface area contributed by atoms with Crippen molar-refractivity contribution < 1.29 is 9.59 Å². The summed E-state index contributed by atoms with van der Waals surface area (Å²) in [5.41, 5.74) is 3.18. The summed E-state index contributed by atoms with van der Waals surface area (Å²) in [5, 5.41) is 2.95. The van der Waals surface area contributed by atoms with Gasteiger partial charge >= 0.3 is 0 Å². The number of amides is 2. The highest BCUT2D eigenvalue weighted by Crippen LogP contribution is 2.26. The van der Waals surface area contributed by atoms with Crippen molar-refractivity contribution in [1.29, 1.82) is 0 Å². The summed E-state index contributed by atoms with van der Waals surface area (Å²) in [6, 6.07) is 11.0. The van der Waals surface area contributed by atoms with E-state index < -0.39 is 0 Å². The van der Waals surface area contributed by atoms with E-state index in [1.807, 2.05) is 25.1 Å². The third kappa shape index (κ3) is 4.28. The third-order valence-electron chi connectivity index (χ3n) is 4.95. The smallest absolute Gasteiger partial charge is 0.254 e. The fourth-order valence-corrected chi connectivity index (χ4v) is 3.36. The summed E-state index contributed by atoms with van der Waals surface area (Å²) < 4.78 is 0. The van der Waals surface area contributed by atoms with Crippen molar-refractivity contribution in [3.05, 3.63) is 59.4 Å². The van der Waals surface area contributed by atoms with Crippen molar-refractivity contribution in [2.45, 2.75) is 39.2 Å². The average Bonchev–Trinajstić information content (AvgIpc) is 3.18. The number of carbonyl (C=O) groups excluding carboxylic acids is 2. The van der Waals surface area contributed by atoms with Crippen LogP contribution in [0.1, 0.15) is 47.3 Å². The van der Waals surface area contributed by atoms with Gasteiger partial charge in [0.25, 0.3) is 5.91 Å². The number of nitrogens with zero attached hydrogens (tertiary/aromatic N) is 2. The first kappa shape index (κ1) is 18.1. The molecule has 2 amide bonds. The topological polar surface area (TPSA) is 62.3 Å². The molecular formula is C21H25N3O2. The third-order valence-corrected chi connectivity index (χ3v) is 4.95. The molecule has 2 aromatic rings. The fraction of sp³-hybridized carbons (Fsp3) is 0.381. The van der Waals surface area contributed by atoms with E-state index in [9.17, 15) is 9.59 Å². The van der Waals surface area contributed by atoms with Gasteiger partial charge in [-0.25, -0.2) is 0 Å². The molecule has 0 aliphatic heterocycles. The molecule has 1 aliphatic rings. The Morgan fingerprint density at radius 1 is 1.19 bits per heavy atom. The highest BCUT2D eigenvalue weighted by Gasteiger charge is 2.23. The van der Waals surface area contributed by atoms with Crippen molar-refractivity contribution in [2.24, 2.45) is 5.92 Å². The average molecular weight is 351 g/mol. The van der Waals surface area contributed by atoms with Crippen molar-refractivity contribution in [3.8, 4) is 0 Å². The van der Waals surface area contributed by atoms with Crippen LogP contribution in [0.25, 0.3) is 0 Å². The molecule has 136 valence electrons. The van der Waals surface area contributed by atoms with Crippen LogP contribution in [0.15, 0.2) is 42.6 Å². The predicted octanol–water partition coefficient (Wildman–Crippen LogP) is 3.79. The van der Waals surface area contributed by atoms with E-state index in [-0.39, 0.29) is 17.7 Å². The Morgan fingerprint density at radius 2 is 1.96 bits per heavy atom. The van der Waals surface area contributed by atoms with E-state index in [1.165, 1.54) is 0 Å². The van der Waals surface area contributed by atoms with E-state index in [2.05, 4.69) is 10.3 Å². The molecule has 1 aromatic heterocycles. The maximum absolute atomic E-state index is 12.7. The summed E-state index contributed by atoms with van der Waals surface area (Å²) in [5.74, 6) is 0.0701. The first-order valence-electron chi connectivity index (χ1n) is 9.11. The Labute approximate surface area is 154 Å². The number of pyridine rings is 1. The highest BCUT2D eigenvalue weighted by molar-refractivity contribution is 5.97. The molecule has 0 spiro atoms. The second-order valence-electron chi connectivity index (χ2n) is 6.98. The number of rotatable bonds is 5. The molecule has 1 N–H and O–H groups in total. The number of anilines is 1. The Hall–Kier alpha value is -2.69. The molecule has 1 saturated carbocycles. The zero-order chi connectivity index (χ0) is 18.5. The minimum absolute atomic E-state index is 0.0598. The first-order chi connectivity index (χ1) is 12.5. The summed E-state index contributed by atoms with van der Waals surface area (Å²) in [4.78, 5) is 31.0. The fourth-order valence-electron chi connectivity index (χ4n) is 3.36. The van der Waals surface area contributed by atoms with Crippen LogP contribution >= 0.6 is 0 Å². The van der Waals surface area contributed by atoms with Gasteiger partial charge in [0.15, 0.2) is 0 Å². The molecule has 1 aliphatic carbocycles. The Morgan fingerprint density at radius 3 is 2.69 bits per heavy atom. The molecule has 1 aromatic carbocycles. The van der Waals surface area contributed by atoms with Crippen LogP contribution in [0.3, 0.4) is 0 Å². The van der Waals surface area contributed by atoms with Crippen LogP contribution in [0.5, 0.6) is 0 Å². The van der Waals surface area contributed by atoms with E-state index in [0.717, 1.165) is 36.9 Å². The van der Waals surface area contributed by atoms with Crippen LogP contribution in [0.4, 0.5) is 5.69 Å². The van der Waals surface area contributed by atoms with E-state index in [4.69, 9.17) is 0 Å². The molecule has 0 unspecified atom stereocenters. The Balaban J connectivity index is 1.67. The van der Waals surface area contributed by atoms with Crippen LogP contribution in [-0.2, 0) is 11.3 Å². The predicted molar refractivity (Wildman–Crippen MR) is 102 cm³/mol. The van der Waals surface area contributed by atoms with E-state index >= 15 is 0 Å². The van der Waals surface area contributed by atoms with Gasteiger partial charge in [-0.15, -0.1) is 0 Å². The van der Waals surface area contributed by atoms with Crippen molar-refractivity contribution in [2.75, 3.05) is 12.4 Å². The lowest BCUT2D eigenvalue weighted by atomic mass is 10.1. The van der Waals surface area contributed by atoms with Crippen molar-refractivity contribution in [3.63, 3.8) is 0 Å². The maximum atomic E-state index is 12.7. The molecular weight excluding hydrogens is 326 g/mol. The van der Waals surface area contributed by atoms with Gasteiger partial charge in [0.2, 0.25) is 5.91 Å². The second-order valence-corrected chi connectivity index (χ2v) is 6.98. The number of hydrogen-bond acceptors (Lipinski definition) is 3. The van der Waals surface area contributed by atoms with Crippen molar-refractivity contribution >= 4 is 17.5 Å². The standard InChI is InChI=1S/C21H25N3O2/c1-15-7-6-12-22-19(15)14-24(2)21(26)17-10-5-11-18(13-17)23-20(25)16-8-3-4-9-16/h5-7,10-13,16H,3-4,8-9,14H2,1-2H3,(H,23,25). The number of carbonyl (C=O) groups is 2. The summed E-state index contributed by atoms with van der Waals surface area (Å²) in [6.45, 7) is 2.43. The molecule has 1 fully saturated rings. The molecule has 5 heteroatoms. The number of hydrogen-bond donors (Lipinski definition) is 1. The highest BCUT2D eigenvalue weighted by atomic mass is 16.2. The zero-order valence-corrected chi connectivity index (χ0v) is 15.4. The number of benzene rings is 1. The van der Waals surface area contributed by atoms with Crippen LogP contribution in [-0.4, -0.2) is 28.7 Å². The van der Waals surface area contributed by atoms with E-state index in [1.54, 1.807) is 36.3 Å². The molecule has 26 heavy (non-hydrogen) atoms. The van der Waals surface area contributed by atoms with Gasteiger partial charge in [0.1, 0.15) is 0 Å². The maximum Gasteiger partial charge on any atom is 0.254 e. The van der Waals surface area contributed by atoms with Crippen LogP contribution < -0.4 is 5.32 Å². The van der Waals surface area contributed by atoms with Gasteiger partial charge in [-0.3, -0.25) is 14.6 Å². The molecule has 3 rings (SSSR count). The largest absolute Gasteiger partial charge is 0.336 e. The lowest BCUT2D eigenvalue weighted by molar-refractivity contribution is -0.119. The van der Waals surface area contributed by atoms with E-state index in [0.29, 0.717) is 17.8 Å². The summed E-state index contributed by atoms with van der Waals surface area (Å²) in [7, 11) is 1.76. The lowest BCUT2D eigenvalue weighted by Crippen LogP contribution is -2.27. The molecule has 0 saturated heterocycles. The Kier molecular flexibility index (Phi) is 5.66. The lowest BCUT2D eigenvalue weighted by Gasteiger charge is -2.18. The van der Waals surface area contributed by atoms with Gasteiger partial charge < -0.3 is 10.2 Å². The van der Waals surface area contributed by atoms with Gasteiger partial charge in [-0.2, -0.15) is 0 Å². The summed E-state index contributed by atoms with van der Waals surface area (Å²) >= 11 is 0. The summed E-state index contributed by atoms with van der Waals surface area (Å²) in [6.07, 6.45) is 5.88. The minimum Gasteiger partial charge on any atom is -0.336 e. The SMILES string of the molecule is Cc1cccnc1CN(C)C(=O)c1cccc(NC(=O)C2CCCC2)c1. The zero-order valence-electron chi connectivity index (χ0n) is 15.4. The molecule has 0 atom stereocenters. The monoisotopic (exact) mass is 351 g/mol. The van der Waals surface area contributed by atoms with Gasteiger partial charge in [0, 0.05) is 30.4 Å². The number of nitrogens with one attached hydrogen (secondary N) is 1. The number of aryl methyl sites for hydroxylation is 1. The normalized spacial score (nSPS) is 14.2. The molecule has 0 bridgehead atoms. The molecule has 0 radical (unpaired) electrons. The van der Waals surface area contributed by atoms with Crippen molar-refractivity contribution in [1.82, 2.24) is 9.88 Å². The molecule has 1 heterocycles. The van der Waals surface area contributed by atoms with Crippen LogP contribution in [0, 0.1) is 12.8 Å². The number of aromatic nitrogens is 1. The second kappa shape index (κ2) is 8.13. The van der Waals surface area contributed by atoms with Gasteiger partial charge in [-0.05, 0) is 49.6 Å². The quantitative estimate of drug-likeness (QED) is 0.891. The van der Waals surface area contributed by atoms with Gasteiger partial charge in [-0.1, -0.05) is 25.0 Å². The molecule has 5 nitrogen and oxygen atoms in total. The Bertz CT molecular complexity index is 797.